The molecule has 6 nitrogen and oxygen atoms in total. The molecule has 1 saturated heterocycles. The van der Waals surface area contributed by atoms with Gasteiger partial charge in [0.15, 0.2) is 0 Å². The number of carbonyl (C=O) groups excluding carboxylic acids is 2. The molecule has 7 rings (SSSR count). The molecule has 3 aliphatic carbocycles. The van der Waals surface area contributed by atoms with Crippen LogP contribution in [0, 0.1) is 22.0 Å². The number of imide groups is 1. The van der Waals surface area contributed by atoms with Crippen molar-refractivity contribution in [2.45, 2.75) is 8.65 Å². The van der Waals surface area contributed by atoms with Gasteiger partial charge in [0, 0.05) is 12.1 Å². The molecule has 3 aromatic rings. The Morgan fingerprint density at radius 1 is 0.750 bits per heavy atom. The number of rotatable bonds is 2. The smallest absolute Gasteiger partial charge is 0.271 e. The summed E-state index contributed by atoms with van der Waals surface area (Å²) in [6.45, 7) is 0. The van der Waals surface area contributed by atoms with Crippen molar-refractivity contribution in [1.82, 2.24) is 0 Å². The van der Waals surface area contributed by atoms with Gasteiger partial charge >= 0.3 is 0 Å². The van der Waals surface area contributed by atoms with Gasteiger partial charge in [-0.25, -0.2) is 4.90 Å². The van der Waals surface area contributed by atoms with Gasteiger partial charge in [0.1, 0.15) is 0 Å². The van der Waals surface area contributed by atoms with E-state index in [1.165, 1.54) is 18.2 Å². The monoisotopic (exact) mass is 552 g/mol. The predicted octanol–water partition coefficient (Wildman–Crippen LogP) is 5.00. The van der Waals surface area contributed by atoms with Crippen LogP contribution in [0.5, 0.6) is 0 Å². The number of benzene rings is 3. The molecule has 2 amide bonds. The minimum atomic E-state index is -0.886. The third-order valence-corrected chi connectivity index (χ3v) is 9.58. The minimum Gasteiger partial charge on any atom is -0.274 e. The number of nitrogens with zero attached hydrogens (tertiary/aromatic N) is 2. The summed E-state index contributed by atoms with van der Waals surface area (Å²) in [6.07, 6.45) is 0. The normalized spacial score (nSPS) is 29.5. The molecule has 0 spiro atoms. The summed E-state index contributed by atoms with van der Waals surface area (Å²) >= 11 is 7.88. The first-order valence-corrected chi connectivity index (χ1v) is 11.6. The summed E-state index contributed by atoms with van der Waals surface area (Å²) in [4.78, 5) is 39.6. The third-order valence-electron chi connectivity index (χ3n) is 6.88. The summed E-state index contributed by atoms with van der Waals surface area (Å²) in [6, 6.07) is 21.3. The molecule has 0 aromatic heterocycles. The van der Waals surface area contributed by atoms with Gasteiger partial charge in [-0.15, -0.1) is 0 Å². The highest BCUT2D eigenvalue weighted by Crippen LogP contribution is 2.70. The molecule has 2 bridgehead atoms. The summed E-state index contributed by atoms with van der Waals surface area (Å²) in [5, 5.41) is 11.3. The lowest BCUT2D eigenvalue weighted by Gasteiger charge is -2.55. The second-order valence-corrected chi connectivity index (χ2v) is 10.8. The maximum absolute atomic E-state index is 13.9. The van der Waals surface area contributed by atoms with Gasteiger partial charge in [0.05, 0.1) is 31.1 Å². The van der Waals surface area contributed by atoms with Crippen LogP contribution >= 0.6 is 31.9 Å². The topological polar surface area (TPSA) is 80.5 Å². The van der Waals surface area contributed by atoms with E-state index in [-0.39, 0.29) is 23.2 Å². The van der Waals surface area contributed by atoms with Gasteiger partial charge in [0.2, 0.25) is 11.8 Å². The number of carbonyl (C=O) groups is 2. The first-order valence-electron chi connectivity index (χ1n) is 10.0. The zero-order valence-corrected chi connectivity index (χ0v) is 19.5. The van der Waals surface area contributed by atoms with Crippen LogP contribution in [-0.2, 0) is 18.2 Å². The first-order chi connectivity index (χ1) is 15.3. The molecule has 8 heteroatoms. The fraction of sp³-hybridized carbons (Fsp3) is 0.167. The number of nitro groups is 1. The van der Waals surface area contributed by atoms with Gasteiger partial charge in [-0.05, 0) is 28.3 Å². The molecular weight excluding hydrogens is 540 g/mol. The molecule has 1 fully saturated rings. The van der Waals surface area contributed by atoms with Crippen molar-refractivity contribution in [2.24, 2.45) is 11.8 Å². The van der Waals surface area contributed by atoms with E-state index in [1.807, 2.05) is 48.5 Å². The van der Waals surface area contributed by atoms with Gasteiger partial charge in [-0.3, -0.25) is 19.7 Å². The van der Waals surface area contributed by atoms with E-state index in [1.54, 1.807) is 6.07 Å². The number of nitro benzene ring substituents is 1. The molecule has 0 radical (unpaired) electrons. The van der Waals surface area contributed by atoms with Crippen LogP contribution in [0.25, 0.3) is 0 Å². The van der Waals surface area contributed by atoms with Crippen molar-refractivity contribution in [2.75, 3.05) is 4.90 Å². The van der Waals surface area contributed by atoms with E-state index < -0.39 is 25.4 Å². The van der Waals surface area contributed by atoms with Crippen molar-refractivity contribution >= 4 is 55.0 Å². The lowest BCUT2D eigenvalue weighted by molar-refractivity contribution is -0.384. The number of anilines is 1. The van der Waals surface area contributed by atoms with E-state index in [0.717, 1.165) is 27.2 Å². The molecule has 0 unspecified atom stereocenters. The average molecular weight is 554 g/mol. The van der Waals surface area contributed by atoms with Crippen LogP contribution in [0.4, 0.5) is 11.4 Å². The van der Waals surface area contributed by atoms with E-state index in [2.05, 4.69) is 31.9 Å². The number of hydrogen-bond donors (Lipinski definition) is 0. The highest BCUT2D eigenvalue weighted by atomic mass is 79.9. The number of amides is 2. The zero-order chi connectivity index (χ0) is 22.4. The van der Waals surface area contributed by atoms with Crippen molar-refractivity contribution < 1.29 is 14.5 Å². The van der Waals surface area contributed by atoms with Crippen molar-refractivity contribution in [3.8, 4) is 0 Å². The average Bonchev–Trinajstić information content (AvgIpc) is 3.08. The van der Waals surface area contributed by atoms with Crippen LogP contribution in [-0.4, -0.2) is 16.7 Å². The number of alkyl halides is 2. The van der Waals surface area contributed by atoms with Crippen LogP contribution in [0.3, 0.4) is 0 Å². The summed E-state index contributed by atoms with van der Waals surface area (Å²) in [5.74, 6) is -2.16. The van der Waals surface area contributed by atoms with Crippen molar-refractivity contribution in [3.05, 3.63) is 105 Å². The third kappa shape index (κ3) is 2.14. The van der Waals surface area contributed by atoms with Crippen molar-refractivity contribution in [3.63, 3.8) is 0 Å². The van der Waals surface area contributed by atoms with Crippen LogP contribution in [0.2, 0.25) is 0 Å². The molecular formula is C24H14Br2N2O4. The Morgan fingerprint density at radius 2 is 1.19 bits per heavy atom. The quantitative estimate of drug-likeness (QED) is 0.193. The van der Waals surface area contributed by atoms with E-state index in [9.17, 15) is 19.7 Å². The predicted molar refractivity (Wildman–Crippen MR) is 125 cm³/mol. The van der Waals surface area contributed by atoms with Crippen molar-refractivity contribution in [1.29, 1.82) is 0 Å². The summed E-state index contributed by atoms with van der Waals surface area (Å²) < 4.78 is -1.77. The second kappa shape index (κ2) is 6.36. The Hall–Kier alpha value is -2.84. The highest BCUT2D eigenvalue weighted by Gasteiger charge is 2.72. The fourth-order valence-electron chi connectivity index (χ4n) is 5.67. The van der Waals surface area contributed by atoms with Crippen LogP contribution < -0.4 is 4.90 Å². The molecule has 1 aliphatic heterocycles. The highest BCUT2D eigenvalue weighted by molar-refractivity contribution is 9.10. The fourth-order valence-corrected chi connectivity index (χ4v) is 7.97. The molecule has 3 aromatic carbocycles. The van der Waals surface area contributed by atoms with E-state index in [0.29, 0.717) is 0 Å². The lowest BCUT2D eigenvalue weighted by atomic mass is 9.54. The molecule has 0 N–H and O–H groups in total. The Kier molecular flexibility index (Phi) is 3.94. The van der Waals surface area contributed by atoms with Gasteiger partial charge < -0.3 is 0 Å². The van der Waals surface area contributed by atoms with Crippen LogP contribution in [0.15, 0.2) is 72.8 Å². The lowest BCUT2D eigenvalue weighted by Crippen LogP contribution is -2.56. The zero-order valence-electron chi connectivity index (χ0n) is 16.4. The van der Waals surface area contributed by atoms with Gasteiger partial charge in [0.25, 0.3) is 5.69 Å². The Bertz CT molecular complexity index is 1250. The molecule has 32 heavy (non-hydrogen) atoms. The maximum Gasteiger partial charge on any atom is 0.271 e. The summed E-state index contributed by atoms with van der Waals surface area (Å²) in [7, 11) is 0. The maximum atomic E-state index is 13.9. The Balaban J connectivity index is 1.63. The van der Waals surface area contributed by atoms with Gasteiger partial charge in [-0.2, -0.15) is 0 Å². The molecule has 1 heterocycles. The SMILES string of the molecule is O=C1[C@@H]2[C@H](C(=O)N1c1cccc([N+](=O)[O-])c1)C1(Br)c3ccccc3C2(Br)c2ccccc21. The Labute approximate surface area is 199 Å². The largest absolute Gasteiger partial charge is 0.274 e. The number of halogens is 2. The summed E-state index contributed by atoms with van der Waals surface area (Å²) in [5.41, 5.74) is 3.81. The molecule has 0 saturated carbocycles. The van der Waals surface area contributed by atoms with E-state index >= 15 is 0 Å². The first kappa shape index (κ1) is 19.8. The molecule has 158 valence electrons. The second-order valence-electron chi connectivity index (χ2n) is 8.26. The standard InChI is InChI=1S/C24H14Br2N2O4/c25-23-15-8-1-2-9-16(15)24(26,18-11-4-3-10-17(18)23)20-19(23)21(29)27(22(20)30)13-6-5-7-14(12-13)28(31)32/h1-12,19-20H/t19-,20+,23?,24?. The molecule has 2 atom stereocenters. The van der Waals surface area contributed by atoms with Gasteiger partial charge in [-0.1, -0.05) is 86.5 Å². The minimum absolute atomic E-state index is 0.172. The van der Waals surface area contributed by atoms with E-state index in [4.69, 9.17) is 0 Å². The number of non-ortho nitro benzene ring substituents is 1. The number of hydrogen-bond acceptors (Lipinski definition) is 4. The molecule has 4 aliphatic rings. The van der Waals surface area contributed by atoms with Crippen LogP contribution in [0.1, 0.15) is 22.3 Å². The Morgan fingerprint density at radius 3 is 1.59 bits per heavy atom.